The molecule has 1 amide bonds. The molecular formula is C22H29ClN6O2. The van der Waals surface area contributed by atoms with Crippen molar-refractivity contribution in [2.45, 2.75) is 19.8 Å². The van der Waals surface area contributed by atoms with E-state index in [1.165, 1.54) is 0 Å². The third kappa shape index (κ3) is 5.77. The minimum absolute atomic E-state index is 0.142. The molecular weight excluding hydrogens is 416 g/mol. The molecule has 3 heterocycles. The summed E-state index contributed by atoms with van der Waals surface area (Å²) in [5.74, 6) is 1.86. The van der Waals surface area contributed by atoms with E-state index < -0.39 is 0 Å². The first-order chi connectivity index (χ1) is 15.1. The van der Waals surface area contributed by atoms with Crippen LogP contribution in [0.4, 0.5) is 23.1 Å². The number of hydrogen-bond acceptors (Lipinski definition) is 7. The molecule has 0 spiro atoms. The van der Waals surface area contributed by atoms with Crippen molar-refractivity contribution >= 4 is 40.6 Å². The highest BCUT2D eigenvalue weighted by molar-refractivity contribution is 6.32. The van der Waals surface area contributed by atoms with Crippen molar-refractivity contribution in [3.63, 3.8) is 0 Å². The molecule has 1 aromatic heterocycles. The standard InChI is InChI=1S/C22H29ClN6O2/c1-16(30)28-8-10-29(11-9-28)19-4-2-18(3-5-19)26-22-25-15-20(23)21(27-22)24-14-17-6-12-31-13-7-17/h2-5,15,17H,6-14H2,1H3,(H2,24,25,26,27). The molecule has 4 rings (SSSR count). The number of aromatic nitrogens is 2. The Labute approximate surface area is 187 Å². The van der Waals surface area contributed by atoms with Gasteiger partial charge in [0.15, 0.2) is 5.82 Å². The molecule has 0 unspecified atom stereocenters. The fourth-order valence-electron chi connectivity index (χ4n) is 3.91. The second kappa shape index (κ2) is 10.2. The number of ether oxygens (including phenoxy) is 1. The van der Waals surface area contributed by atoms with E-state index in [0.29, 0.717) is 22.7 Å². The Balaban J connectivity index is 1.34. The second-order valence-electron chi connectivity index (χ2n) is 7.99. The van der Waals surface area contributed by atoms with Crippen LogP contribution in [0.3, 0.4) is 0 Å². The maximum atomic E-state index is 11.5. The van der Waals surface area contributed by atoms with Crippen molar-refractivity contribution in [2.24, 2.45) is 5.92 Å². The first kappa shape index (κ1) is 21.6. The zero-order chi connectivity index (χ0) is 21.6. The molecule has 0 radical (unpaired) electrons. The van der Waals surface area contributed by atoms with Gasteiger partial charge in [0, 0.05) is 64.2 Å². The Bertz CT molecular complexity index is 880. The molecule has 2 fully saturated rings. The quantitative estimate of drug-likeness (QED) is 0.706. The summed E-state index contributed by atoms with van der Waals surface area (Å²) in [5.41, 5.74) is 2.05. The Morgan fingerprint density at radius 3 is 2.55 bits per heavy atom. The van der Waals surface area contributed by atoms with E-state index in [4.69, 9.17) is 16.3 Å². The van der Waals surface area contributed by atoms with Gasteiger partial charge in [-0.15, -0.1) is 0 Å². The van der Waals surface area contributed by atoms with E-state index in [2.05, 4.69) is 37.6 Å². The van der Waals surface area contributed by atoms with Gasteiger partial charge in [0.25, 0.3) is 0 Å². The van der Waals surface area contributed by atoms with Crippen LogP contribution in [-0.2, 0) is 9.53 Å². The molecule has 2 aliphatic rings. The molecule has 1 aromatic carbocycles. The topological polar surface area (TPSA) is 82.6 Å². The normalized spacial score (nSPS) is 17.5. The van der Waals surface area contributed by atoms with Gasteiger partial charge in [0.05, 0.1) is 6.20 Å². The molecule has 0 bridgehead atoms. The number of rotatable bonds is 6. The maximum Gasteiger partial charge on any atom is 0.229 e. The second-order valence-corrected chi connectivity index (χ2v) is 8.40. The molecule has 2 aliphatic heterocycles. The lowest BCUT2D eigenvalue weighted by atomic mass is 10.0. The van der Waals surface area contributed by atoms with Crippen LogP contribution in [0, 0.1) is 5.92 Å². The fraction of sp³-hybridized carbons (Fsp3) is 0.500. The van der Waals surface area contributed by atoms with Gasteiger partial charge in [-0.05, 0) is 43.0 Å². The Hall–Kier alpha value is -2.58. The molecule has 31 heavy (non-hydrogen) atoms. The predicted molar refractivity (Wildman–Crippen MR) is 123 cm³/mol. The minimum atomic E-state index is 0.142. The van der Waals surface area contributed by atoms with Gasteiger partial charge in [-0.2, -0.15) is 4.98 Å². The molecule has 2 aromatic rings. The van der Waals surface area contributed by atoms with Gasteiger partial charge in [-0.3, -0.25) is 4.79 Å². The summed E-state index contributed by atoms with van der Waals surface area (Å²) in [7, 11) is 0. The number of halogens is 1. The summed E-state index contributed by atoms with van der Waals surface area (Å²) in [5, 5.41) is 7.12. The number of nitrogens with one attached hydrogen (secondary N) is 2. The first-order valence-corrected chi connectivity index (χ1v) is 11.2. The van der Waals surface area contributed by atoms with Crippen LogP contribution >= 0.6 is 11.6 Å². The van der Waals surface area contributed by atoms with Gasteiger partial charge < -0.3 is 25.2 Å². The average Bonchev–Trinajstić information content (AvgIpc) is 2.81. The summed E-state index contributed by atoms with van der Waals surface area (Å²) in [6.07, 6.45) is 3.72. The van der Waals surface area contributed by atoms with Crippen molar-refractivity contribution in [3.8, 4) is 0 Å². The van der Waals surface area contributed by atoms with Crippen molar-refractivity contribution < 1.29 is 9.53 Å². The van der Waals surface area contributed by atoms with Crippen molar-refractivity contribution in [1.82, 2.24) is 14.9 Å². The molecule has 2 saturated heterocycles. The lowest BCUT2D eigenvalue weighted by Gasteiger charge is -2.35. The summed E-state index contributed by atoms with van der Waals surface area (Å²) in [4.78, 5) is 24.5. The Morgan fingerprint density at radius 1 is 1.16 bits per heavy atom. The molecule has 166 valence electrons. The monoisotopic (exact) mass is 444 g/mol. The van der Waals surface area contributed by atoms with Gasteiger partial charge in [-0.1, -0.05) is 11.6 Å². The highest BCUT2D eigenvalue weighted by Gasteiger charge is 2.19. The summed E-state index contributed by atoms with van der Waals surface area (Å²) >= 11 is 6.28. The van der Waals surface area contributed by atoms with Gasteiger partial charge in [0.1, 0.15) is 5.02 Å². The molecule has 0 atom stereocenters. The summed E-state index contributed by atoms with van der Waals surface area (Å²) in [6, 6.07) is 8.18. The van der Waals surface area contributed by atoms with E-state index in [9.17, 15) is 4.79 Å². The number of amides is 1. The number of carbonyl (C=O) groups is 1. The molecule has 0 aliphatic carbocycles. The Kier molecular flexibility index (Phi) is 7.09. The predicted octanol–water partition coefficient (Wildman–Crippen LogP) is 3.38. The first-order valence-electron chi connectivity index (χ1n) is 10.8. The lowest BCUT2D eigenvalue weighted by Crippen LogP contribution is -2.48. The zero-order valence-corrected chi connectivity index (χ0v) is 18.6. The van der Waals surface area contributed by atoms with Crippen LogP contribution in [0.15, 0.2) is 30.5 Å². The number of hydrogen-bond donors (Lipinski definition) is 2. The van der Waals surface area contributed by atoms with Crippen LogP contribution in [0.25, 0.3) is 0 Å². The van der Waals surface area contributed by atoms with Crippen LogP contribution in [0.1, 0.15) is 19.8 Å². The van der Waals surface area contributed by atoms with Gasteiger partial charge in [0.2, 0.25) is 11.9 Å². The third-order valence-electron chi connectivity index (χ3n) is 5.86. The summed E-state index contributed by atoms with van der Waals surface area (Å²) < 4.78 is 5.41. The van der Waals surface area contributed by atoms with Gasteiger partial charge in [-0.25, -0.2) is 4.98 Å². The highest BCUT2D eigenvalue weighted by atomic mass is 35.5. The van der Waals surface area contributed by atoms with E-state index in [-0.39, 0.29) is 5.91 Å². The van der Waals surface area contributed by atoms with Crippen molar-refractivity contribution in [1.29, 1.82) is 0 Å². The van der Waals surface area contributed by atoms with E-state index in [1.807, 2.05) is 17.0 Å². The summed E-state index contributed by atoms with van der Waals surface area (Å²) in [6.45, 7) is 7.29. The number of carbonyl (C=O) groups excluding carboxylic acids is 1. The Morgan fingerprint density at radius 2 is 1.87 bits per heavy atom. The van der Waals surface area contributed by atoms with E-state index in [0.717, 1.165) is 70.2 Å². The van der Waals surface area contributed by atoms with Crippen LogP contribution in [0.2, 0.25) is 5.02 Å². The molecule has 0 saturated carbocycles. The number of benzene rings is 1. The number of anilines is 4. The number of piperazine rings is 1. The minimum Gasteiger partial charge on any atom is -0.381 e. The fourth-order valence-corrected chi connectivity index (χ4v) is 4.06. The largest absolute Gasteiger partial charge is 0.381 e. The molecule has 8 nitrogen and oxygen atoms in total. The van der Waals surface area contributed by atoms with Crippen molar-refractivity contribution in [3.05, 3.63) is 35.5 Å². The number of nitrogens with zero attached hydrogens (tertiary/aromatic N) is 4. The molecule has 2 N–H and O–H groups in total. The lowest BCUT2D eigenvalue weighted by molar-refractivity contribution is -0.129. The van der Waals surface area contributed by atoms with Crippen LogP contribution < -0.4 is 15.5 Å². The third-order valence-corrected chi connectivity index (χ3v) is 6.13. The maximum absolute atomic E-state index is 11.5. The van der Waals surface area contributed by atoms with Gasteiger partial charge >= 0.3 is 0 Å². The highest BCUT2D eigenvalue weighted by Crippen LogP contribution is 2.25. The van der Waals surface area contributed by atoms with Crippen LogP contribution in [-0.4, -0.2) is 66.7 Å². The average molecular weight is 445 g/mol. The van der Waals surface area contributed by atoms with E-state index in [1.54, 1.807) is 13.1 Å². The van der Waals surface area contributed by atoms with Crippen LogP contribution in [0.5, 0.6) is 0 Å². The smallest absolute Gasteiger partial charge is 0.229 e. The van der Waals surface area contributed by atoms with E-state index >= 15 is 0 Å². The van der Waals surface area contributed by atoms with Crippen molar-refractivity contribution in [2.75, 3.05) is 61.5 Å². The SMILES string of the molecule is CC(=O)N1CCN(c2ccc(Nc3ncc(Cl)c(NCC4CCOCC4)n3)cc2)CC1. The molecule has 9 heteroatoms. The zero-order valence-electron chi connectivity index (χ0n) is 17.8.